The number of nitrogens with zero attached hydrogens (tertiary/aromatic N) is 1. The van der Waals surface area contributed by atoms with Crippen LogP contribution in [0.2, 0.25) is 0 Å². The van der Waals surface area contributed by atoms with E-state index in [1.54, 1.807) is 6.92 Å². The summed E-state index contributed by atoms with van der Waals surface area (Å²) in [5.74, 6) is 0. The average molecular weight is 180 g/mol. The van der Waals surface area contributed by atoms with Crippen LogP contribution in [0.5, 0.6) is 0 Å². The molecule has 0 saturated carbocycles. The molecule has 56 valence electrons. The molecule has 0 aromatic carbocycles. The van der Waals surface area contributed by atoms with Crippen molar-refractivity contribution in [1.29, 1.82) is 0 Å². The Balaban J connectivity index is 2.99. The Morgan fingerprint density at radius 3 is 2.80 bits per heavy atom. The van der Waals surface area contributed by atoms with Gasteiger partial charge in [-0.25, -0.2) is 4.99 Å². The average Bonchev–Trinajstić information content (AvgIpc) is 1.83. The van der Waals surface area contributed by atoms with Crippen LogP contribution in [0.4, 0.5) is 0 Å². The van der Waals surface area contributed by atoms with Gasteiger partial charge in [-0.2, -0.15) is 0 Å². The predicted molar refractivity (Wildman–Crippen MR) is 43.0 cm³/mol. The number of hydrogen-bond donors (Lipinski definition) is 2. The number of nitrogens with two attached hydrogens (primary N) is 1. The molecule has 3 N–H and O–H groups in total. The molecular formula is C5H7Cl2N3. The van der Waals surface area contributed by atoms with Crippen molar-refractivity contribution in [3.8, 4) is 0 Å². The van der Waals surface area contributed by atoms with Crippen LogP contribution in [0.3, 0.4) is 0 Å². The predicted octanol–water partition coefficient (Wildman–Crippen LogP) is 0.940. The van der Waals surface area contributed by atoms with Gasteiger partial charge in [-0.05, 0) is 6.92 Å². The van der Waals surface area contributed by atoms with Crippen LogP contribution in [-0.4, -0.2) is 11.3 Å². The molecule has 0 saturated heterocycles. The second-order valence-corrected chi connectivity index (χ2v) is 3.22. The maximum atomic E-state index is 5.85. The molecule has 0 aliphatic carbocycles. The van der Waals surface area contributed by atoms with Gasteiger partial charge < -0.3 is 11.1 Å². The van der Waals surface area contributed by atoms with Crippen LogP contribution in [0, 0.1) is 0 Å². The first-order valence-electron chi connectivity index (χ1n) is 2.69. The monoisotopic (exact) mass is 179 g/mol. The zero-order chi connectivity index (χ0) is 7.78. The fraction of sp³-hybridized carbons (Fsp3) is 0.400. The van der Waals surface area contributed by atoms with E-state index in [4.69, 9.17) is 28.9 Å². The smallest absolute Gasteiger partial charge is 0.153 e. The second-order valence-electron chi connectivity index (χ2n) is 2.11. The third-order valence-electron chi connectivity index (χ3n) is 1.24. The van der Waals surface area contributed by atoms with Gasteiger partial charge in [0.2, 0.25) is 0 Å². The number of nitrogens with one attached hydrogen (secondary N) is 1. The summed E-state index contributed by atoms with van der Waals surface area (Å²) in [6.07, 6.45) is 1.42. The third-order valence-corrected chi connectivity index (χ3v) is 1.86. The summed E-state index contributed by atoms with van der Waals surface area (Å²) in [5.41, 5.74) is 5.84. The molecule has 0 radical (unpaired) electrons. The van der Waals surface area contributed by atoms with Gasteiger partial charge in [-0.15, -0.1) is 0 Å². The maximum absolute atomic E-state index is 5.85. The second kappa shape index (κ2) is 2.32. The number of halogens is 2. The minimum Gasteiger partial charge on any atom is -0.397 e. The molecule has 1 unspecified atom stereocenters. The number of aliphatic imine (C=N–C) groups is 1. The molecule has 0 bridgehead atoms. The molecule has 1 aliphatic heterocycles. The molecule has 0 fully saturated rings. The van der Waals surface area contributed by atoms with Crippen molar-refractivity contribution in [2.45, 2.75) is 11.9 Å². The largest absolute Gasteiger partial charge is 0.397 e. The molecule has 0 aromatic rings. The van der Waals surface area contributed by atoms with Crippen molar-refractivity contribution in [3.63, 3.8) is 0 Å². The Hall–Kier alpha value is -0.410. The van der Waals surface area contributed by atoms with E-state index in [9.17, 15) is 0 Å². The Bertz CT molecular complexity index is 207. The van der Waals surface area contributed by atoms with Crippen LogP contribution in [-0.2, 0) is 0 Å². The first kappa shape index (κ1) is 7.69. The van der Waals surface area contributed by atoms with Crippen LogP contribution < -0.4 is 11.1 Å². The summed E-state index contributed by atoms with van der Waals surface area (Å²) in [7, 11) is 0. The van der Waals surface area contributed by atoms with E-state index in [0.29, 0.717) is 5.70 Å². The topological polar surface area (TPSA) is 50.4 Å². The lowest BCUT2D eigenvalue weighted by atomic mass is 10.2. The minimum absolute atomic E-state index is 0.247. The third kappa shape index (κ3) is 1.20. The van der Waals surface area contributed by atoms with Crippen molar-refractivity contribution in [1.82, 2.24) is 5.32 Å². The lowest BCUT2D eigenvalue weighted by Crippen LogP contribution is -2.43. The van der Waals surface area contributed by atoms with E-state index < -0.39 is 5.00 Å². The first-order valence-corrected chi connectivity index (χ1v) is 3.44. The van der Waals surface area contributed by atoms with Crippen molar-refractivity contribution in [2.24, 2.45) is 10.7 Å². The van der Waals surface area contributed by atoms with E-state index in [1.165, 1.54) is 6.34 Å². The van der Waals surface area contributed by atoms with Crippen LogP contribution in [0.15, 0.2) is 15.8 Å². The SMILES string of the molecule is CC1(Cl)NC=NC(Cl)=C1N. The number of alkyl halides is 1. The Morgan fingerprint density at radius 2 is 2.40 bits per heavy atom. The molecular weight excluding hydrogens is 173 g/mol. The maximum Gasteiger partial charge on any atom is 0.153 e. The van der Waals surface area contributed by atoms with E-state index in [0.717, 1.165) is 0 Å². The Morgan fingerprint density at radius 1 is 1.80 bits per heavy atom. The summed E-state index contributed by atoms with van der Waals surface area (Å²) in [5, 5.41) is 2.99. The van der Waals surface area contributed by atoms with Gasteiger partial charge in [0.1, 0.15) is 0 Å². The van der Waals surface area contributed by atoms with E-state index in [1.807, 2.05) is 0 Å². The highest BCUT2D eigenvalue weighted by molar-refractivity contribution is 6.33. The molecule has 1 heterocycles. The normalized spacial score (nSPS) is 32.3. The molecule has 0 spiro atoms. The van der Waals surface area contributed by atoms with Crippen LogP contribution >= 0.6 is 23.2 Å². The van der Waals surface area contributed by atoms with Crippen LogP contribution in [0.1, 0.15) is 6.92 Å². The van der Waals surface area contributed by atoms with Crippen molar-refractivity contribution in [3.05, 3.63) is 10.9 Å². The van der Waals surface area contributed by atoms with E-state index in [2.05, 4.69) is 10.3 Å². The summed E-state index contributed by atoms with van der Waals surface area (Å²) in [6, 6.07) is 0. The molecule has 0 amide bonds. The lowest BCUT2D eigenvalue weighted by molar-refractivity contribution is 0.666. The Labute approximate surface area is 68.9 Å². The zero-order valence-electron chi connectivity index (χ0n) is 5.36. The van der Waals surface area contributed by atoms with Crippen molar-refractivity contribution in [2.75, 3.05) is 0 Å². The van der Waals surface area contributed by atoms with Gasteiger partial charge in [-0.1, -0.05) is 23.2 Å². The van der Waals surface area contributed by atoms with E-state index in [-0.39, 0.29) is 5.16 Å². The van der Waals surface area contributed by atoms with Gasteiger partial charge in [0.25, 0.3) is 0 Å². The van der Waals surface area contributed by atoms with Crippen molar-refractivity contribution >= 4 is 29.5 Å². The van der Waals surface area contributed by atoms with Gasteiger partial charge >= 0.3 is 0 Å². The van der Waals surface area contributed by atoms with Crippen LogP contribution in [0.25, 0.3) is 0 Å². The fourth-order valence-corrected chi connectivity index (χ4v) is 0.976. The highest BCUT2D eigenvalue weighted by Crippen LogP contribution is 2.24. The van der Waals surface area contributed by atoms with Gasteiger partial charge in [0, 0.05) is 0 Å². The lowest BCUT2D eigenvalue weighted by Gasteiger charge is -2.25. The standard InChI is InChI=1S/C5H7Cl2N3/c1-5(7)3(8)4(6)9-2-10-5/h2H,8H2,1H3,(H,9,10). The molecule has 1 rings (SSSR count). The highest BCUT2D eigenvalue weighted by Gasteiger charge is 2.27. The molecule has 5 heteroatoms. The number of rotatable bonds is 0. The Kier molecular flexibility index (Phi) is 1.79. The summed E-state index contributed by atoms with van der Waals surface area (Å²) < 4.78 is 0. The minimum atomic E-state index is -0.793. The molecule has 3 nitrogen and oxygen atoms in total. The van der Waals surface area contributed by atoms with Gasteiger partial charge in [0.05, 0.1) is 12.0 Å². The first-order chi connectivity index (χ1) is 4.54. The molecule has 1 aliphatic rings. The van der Waals surface area contributed by atoms with Crippen molar-refractivity contribution < 1.29 is 0 Å². The van der Waals surface area contributed by atoms with Gasteiger partial charge in [0.15, 0.2) is 10.2 Å². The number of hydrogen-bond acceptors (Lipinski definition) is 3. The van der Waals surface area contributed by atoms with E-state index >= 15 is 0 Å². The summed E-state index contributed by atoms with van der Waals surface area (Å²) in [4.78, 5) is 2.91. The van der Waals surface area contributed by atoms with Gasteiger partial charge in [-0.3, -0.25) is 0 Å². The molecule has 0 aromatic heterocycles. The highest BCUT2D eigenvalue weighted by atomic mass is 35.5. The molecule has 10 heavy (non-hydrogen) atoms. The quantitative estimate of drug-likeness (QED) is 0.430. The fourth-order valence-electron chi connectivity index (χ4n) is 0.551. The molecule has 1 atom stereocenters. The zero-order valence-corrected chi connectivity index (χ0v) is 6.87. The summed E-state index contributed by atoms with van der Waals surface area (Å²) in [6.45, 7) is 1.71. The summed E-state index contributed by atoms with van der Waals surface area (Å²) >= 11 is 11.4.